The van der Waals surface area contributed by atoms with E-state index in [1.54, 1.807) is 11.3 Å². The lowest BCUT2D eigenvalue weighted by atomic mass is 10.1. The fourth-order valence-corrected chi connectivity index (χ4v) is 4.29. The summed E-state index contributed by atoms with van der Waals surface area (Å²) in [7, 11) is 0. The van der Waals surface area contributed by atoms with Crippen LogP contribution in [0, 0.1) is 0 Å². The summed E-state index contributed by atoms with van der Waals surface area (Å²) in [5.41, 5.74) is 2.09. The fraction of sp³-hybridized carbons (Fsp3) is 0. The summed E-state index contributed by atoms with van der Waals surface area (Å²) in [5.74, 6) is 0.741. The fourth-order valence-electron chi connectivity index (χ4n) is 2.95. The predicted molar refractivity (Wildman–Crippen MR) is 105 cm³/mol. The number of aromatic nitrogens is 4. The van der Waals surface area contributed by atoms with Gasteiger partial charge in [0.25, 0.3) is 0 Å². The molecule has 0 fully saturated rings. The van der Waals surface area contributed by atoms with Gasteiger partial charge in [-0.2, -0.15) is 9.61 Å². The minimum atomic E-state index is 0.741. The van der Waals surface area contributed by atoms with Gasteiger partial charge in [0.1, 0.15) is 5.01 Å². The SMILES string of the molecule is Brc1ccccc1-c1nnc2sc(-c3cccc4ccccc34)nn12. The Morgan fingerprint density at radius 1 is 0.800 bits per heavy atom. The van der Waals surface area contributed by atoms with E-state index in [-0.39, 0.29) is 0 Å². The van der Waals surface area contributed by atoms with Crippen LogP contribution in [0.15, 0.2) is 71.2 Å². The summed E-state index contributed by atoms with van der Waals surface area (Å²) in [6, 6.07) is 22.6. The highest BCUT2D eigenvalue weighted by atomic mass is 79.9. The highest BCUT2D eigenvalue weighted by Gasteiger charge is 2.17. The maximum atomic E-state index is 4.80. The molecule has 5 rings (SSSR count). The van der Waals surface area contributed by atoms with Crippen molar-refractivity contribution in [1.82, 2.24) is 19.8 Å². The molecule has 6 heteroatoms. The van der Waals surface area contributed by atoms with E-state index >= 15 is 0 Å². The Morgan fingerprint density at radius 2 is 1.56 bits per heavy atom. The minimum absolute atomic E-state index is 0.741. The Hall–Kier alpha value is -2.57. The standard InChI is InChI=1S/C19H11BrN4S/c20-16-11-4-3-9-15(16)17-21-22-19-24(17)23-18(25-19)14-10-5-7-12-6-1-2-8-13(12)14/h1-11H. The molecule has 0 aliphatic heterocycles. The highest BCUT2D eigenvalue weighted by Crippen LogP contribution is 2.34. The third-order valence-corrected chi connectivity index (χ3v) is 5.75. The molecule has 0 aliphatic rings. The van der Waals surface area contributed by atoms with E-state index in [1.807, 2.05) is 28.8 Å². The average molecular weight is 407 g/mol. The zero-order chi connectivity index (χ0) is 16.8. The van der Waals surface area contributed by atoms with Gasteiger partial charge in [0.05, 0.1) is 0 Å². The summed E-state index contributed by atoms with van der Waals surface area (Å²) < 4.78 is 2.80. The molecule has 3 aromatic carbocycles. The van der Waals surface area contributed by atoms with Gasteiger partial charge in [-0.05, 0) is 22.9 Å². The molecule has 0 aliphatic carbocycles. The largest absolute Gasteiger partial charge is 0.235 e. The van der Waals surface area contributed by atoms with Crippen molar-refractivity contribution in [3.63, 3.8) is 0 Å². The lowest BCUT2D eigenvalue weighted by molar-refractivity contribution is 0.970. The molecule has 0 saturated carbocycles. The Balaban J connectivity index is 1.73. The van der Waals surface area contributed by atoms with E-state index in [4.69, 9.17) is 5.10 Å². The van der Waals surface area contributed by atoms with Crippen molar-refractivity contribution in [2.75, 3.05) is 0 Å². The van der Waals surface area contributed by atoms with Crippen molar-refractivity contribution in [3.05, 3.63) is 71.2 Å². The zero-order valence-corrected chi connectivity index (χ0v) is 15.3. The number of rotatable bonds is 2. The first-order chi connectivity index (χ1) is 12.3. The molecule has 0 amide bonds. The monoisotopic (exact) mass is 406 g/mol. The average Bonchev–Trinajstić information content (AvgIpc) is 3.22. The molecule has 120 valence electrons. The molecule has 25 heavy (non-hydrogen) atoms. The van der Waals surface area contributed by atoms with Gasteiger partial charge in [0.15, 0.2) is 5.82 Å². The molecule has 5 aromatic rings. The molecule has 0 unspecified atom stereocenters. The van der Waals surface area contributed by atoms with E-state index in [9.17, 15) is 0 Å². The minimum Gasteiger partial charge on any atom is -0.182 e. The number of benzene rings is 3. The summed E-state index contributed by atoms with van der Waals surface area (Å²) >= 11 is 5.13. The smallest absolute Gasteiger partial charge is 0.182 e. The molecule has 0 atom stereocenters. The Bertz CT molecular complexity index is 1220. The first-order valence-corrected chi connectivity index (χ1v) is 9.37. The first kappa shape index (κ1) is 14.7. The topological polar surface area (TPSA) is 43.1 Å². The van der Waals surface area contributed by atoms with Crippen LogP contribution in [0.2, 0.25) is 0 Å². The second-order valence-electron chi connectivity index (χ2n) is 5.63. The molecule has 0 radical (unpaired) electrons. The van der Waals surface area contributed by atoms with Crippen LogP contribution in [0.4, 0.5) is 0 Å². The molecule has 0 spiro atoms. The summed E-state index contributed by atoms with van der Waals surface area (Å²) in [5, 5.41) is 16.8. The summed E-state index contributed by atoms with van der Waals surface area (Å²) in [6.45, 7) is 0. The van der Waals surface area contributed by atoms with E-state index < -0.39 is 0 Å². The van der Waals surface area contributed by atoms with Gasteiger partial charge in [0, 0.05) is 15.6 Å². The molecule has 2 heterocycles. The molecule has 0 bridgehead atoms. The number of hydrogen-bond acceptors (Lipinski definition) is 4. The van der Waals surface area contributed by atoms with Crippen LogP contribution >= 0.6 is 27.3 Å². The number of fused-ring (bicyclic) bond motifs is 2. The third-order valence-electron chi connectivity index (χ3n) is 4.13. The summed E-state index contributed by atoms with van der Waals surface area (Å²) in [6.07, 6.45) is 0. The lowest BCUT2D eigenvalue weighted by Crippen LogP contribution is -1.92. The van der Waals surface area contributed by atoms with Crippen molar-refractivity contribution < 1.29 is 0 Å². The molecular weight excluding hydrogens is 396 g/mol. The predicted octanol–water partition coefficient (Wildman–Crippen LogP) is 5.44. The van der Waals surface area contributed by atoms with Gasteiger partial charge in [-0.3, -0.25) is 0 Å². The number of nitrogens with zero attached hydrogens (tertiary/aromatic N) is 4. The van der Waals surface area contributed by atoms with Gasteiger partial charge in [0.2, 0.25) is 4.96 Å². The van der Waals surface area contributed by atoms with Crippen LogP contribution in [0.3, 0.4) is 0 Å². The van der Waals surface area contributed by atoms with Crippen LogP contribution in [0.25, 0.3) is 37.7 Å². The zero-order valence-electron chi connectivity index (χ0n) is 12.9. The second kappa shape index (κ2) is 5.75. The molecule has 4 nitrogen and oxygen atoms in total. The van der Waals surface area contributed by atoms with Crippen molar-refractivity contribution in [1.29, 1.82) is 0 Å². The Morgan fingerprint density at radius 3 is 2.48 bits per heavy atom. The quantitative estimate of drug-likeness (QED) is 0.392. The maximum absolute atomic E-state index is 4.80. The van der Waals surface area contributed by atoms with Crippen molar-refractivity contribution in [2.24, 2.45) is 0 Å². The van der Waals surface area contributed by atoms with Crippen LogP contribution in [0.1, 0.15) is 0 Å². The Kier molecular flexibility index (Phi) is 3.39. The van der Waals surface area contributed by atoms with Gasteiger partial charge in [-0.1, -0.05) is 81.9 Å². The maximum Gasteiger partial charge on any atom is 0.235 e. The van der Waals surface area contributed by atoms with Crippen LogP contribution in [0.5, 0.6) is 0 Å². The number of halogens is 1. The third kappa shape index (κ3) is 2.37. The Labute approximate surface area is 155 Å². The van der Waals surface area contributed by atoms with Crippen LogP contribution < -0.4 is 0 Å². The molecule has 0 N–H and O–H groups in total. The van der Waals surface area contributed by atoms with Gasteiger partial charge >= 0.3 is 0 Å². The number of hydrogen-bond donors (Lipinski definition) is 0. The summed E-state index contributed by atoms with van der Waals surface area (Å²) in [4.78, 5) is 0.786. The van der Waals surface area contributed by atoms with E-state index in [2.05, 4.69) is 68.6 Å². The van der Waals surface area contributed by atoms with Gasteiger partial charge < -0.3 is 0 Å². The molecular formula is C19H11BrN4S. The molecule has 0 saturated heterocycles. The lowest BCUT2D eigenvalue weighted by Gasteiger charge is -2.03. The van der Waals surface area contributed by atoms with Gasteiger partial charge in [-0.25, -0.2) is 0 Å². The van der Waals surface area contributed by atoms with Crippen molar-refractivity contribution >= 4 is 43.0 Å². The van der Waals surface area contributed by atoms with E-state index in [1.165, 1.54) is 10.8 Å². The normalized spacial score (nSPS) is 11.4. The van der Waals surface area contributed by atoms with Gasteiger partial charge in [-0.15, -0.1) is 10.2 Å². The van der Waals surface area contributed by atoms with Crippen molar-refractivity contribution in [3.8, 4) is 22.0 Å². The second-order valence-corrected chi connectivity index (χ2v) is 7.44. The van der Waals surface area contributed by atoms with Crippen molar-refractivity contribution in [2.45, 2.75) is 0 Å². The highest BCUT2D eigenvalue weighted by molar-refractivity contribution is 9.10. The van der Waals surface area contributed by atoms with E-state index in [0.717, 1.165) is 31.4 Å². The van der Waals surface area contributed by atoms with Crippen LogP contribution in [-0.4, -0.2) is 19.8 Å². The first-order valence-electron chi connectivity index (χ1n) is 7.76. The van der Waals surface area contributed by atoms with Crippen LogP contribution in [-0.2, 0) is 0 Å². The van der Waals surface area contributed by atoms with E-state index in [0.29, 0.717) is 0 Å². The molecule has 2 aromatic heterocycles.